The molecule has 3 rings (SSSR count). The van der Waals surface area contributed by atoms with Gasteiger partial charge in [0.1, 0.15) is 12.3 Å². The van der Waals surface area contributed by atoms with E-state index in [9.17, 15) is 13.2 Å². The van der Waals surface area contributed by atoms with Gasteiger partial charge in [-0.25, -0.2) is 13.8 Å². The fourth-order valence-corrected chi connectivity index (χ4v) is 4.61. The Labute approximate surface area is 207 Å². The summed E-state index contributed by atoms with van der Waals surface area (Å²) >= 11 is 0. The van der Waals surface area contributed by atoms with E-state index < -0.39 is 22.5 Å². The van der Waals surface area contributed by atoms with Crippen molar-refractivity contribution in [2.75, 3.05) is 17.5 Å². The fourth-order valence-electron chi connectivity index (χ4n) is 3.17. The van der Waals surface area contributed by atoms with Crippen LogP contribution in [0.25, 0.3) is 0 Å². The molecule has 0 fully saturated rings. The third-order valence-electron chi connectivity index (χ3n) is 5.26. The lowest BCUT2D eigenvalue weighted by Gasteiger charge is -2.24. The SMILES string of the molecule is Cc1ccc(N(CC(=O)N/N=C\c2ccc(OCC(C)C)cc2)S(=O)(=O)c2ccccc2)cc1C. The van der Waals surface area contributed by atoms with Crippen molar-refractivity contribution in [2.24, 2.45) is 11.0 Å². The fraction of sp³-hybridized carbons (Fsp3) is 0.259. The van der Waals surface area contributed by atoms with E-state index in [1.807, 2.05) is 44.2 Å². The van der Waals surface area contributed by atoms with Crippen molar-refractivity contribution >= 4 is 27.8 Å². The predicted molar refractivity (Wildman–Crippen MR) is 139 cm³/mol. The molecule has 0 radical (unpaired) electrons. The first-order valence-electron chi connectivity index (χ1n) is 11.4. The number of nitrogens with zero attached hydrogens (tertiary/aromatic N) is 2. The lowest BCUT2D eigenvalue weighted by atomic mass is 10.1. The second-order valence-electron chi connectivity index (χ2n) is 8.66. The quantitative estimate of drug-likeness (QED) is 0.328. The Hall–Kier alpha value is -3.65. The molecule has 0 aliphatic rings. The molecule has 0 aliphatic heterocycles. The van der Waals surface area contributed by atoms with E-state index in [0.717, 1.165) is 26.7 Å². The summed E-state index contributed by atoms with van der Waals surface area (Å²) in [6.07, 6.45) is 1.50. The summed E-state index contributed by atoms with van der Waals surface area (Å²) in [6.45, 7) is 8.21. The second kappa shape index (κ2) is 11.7. The Morgan fingerprint density at radius 2 is 1.69 bits per heavy atom. The molecule has 7 nitrogen and oxygen atoms in total. The lowest BCUT2D eigenvalue weighted by molar-refractivity contribution is -0.119. The topological polar surface area (TPSA) is 88.1 Å². The van der Waals surface area contributed by atoms with E-state index in [1.165, 1.54) is 18.3 Å². The van der Waals surface area contributed by atoms with Crippen LogP contribution in [0, 0.1) is 19.8 Å². The van der Waals surface area contributed by atoms with E-state index >= 15 is 0 Å². The maximum Gasteiger partial charge on any atom is 0.264 e. The second-order valence-corrected chi connectivity index (χ2v) is 10.5. The molecular formula is C27H31N3O4S. The minimum Gasteiger partial charge on any atom is -0.493 e. The number of anilines is 1. The van der Waals surface area contributed by atoms with Crippen LogP contribution >= 0.6 is 0 Å². The first-order chi connectivity index (χ1) is 16.7. The number of nitrogens with one attached hydrogen (secondary N) is 1. The predicted octanol–water partition coefficient (Wildman–Crippen LogP) is 4.68. The van der Waals surface area contributed by atoms with Crippen LogP contribution < -0.4 is 14.5 Å². The van der Waals surface area contributed by atoms with E-state index in [0.29, 0.717) is 18.2 Å². The first-order valence-corrected chi connectivity index (χ1v) is 12.8. The number of amides is 1. The van der Waals surface area contributed by atoms with Gasteiger partial charge >= 0.3 is 0 Å². The summed E-state index contributed by atoms with van der Waals surface area (Å²) in [5.74, 6) is 0.631. The van der Waals surface area contributed by atoms with Gasteiger partial charge in [-0.15, -0.1) is 0 Å². The minimum atomic E-state index is -3.97. The smallest absolute Gasteiger partial charge is 0.264 e. The zero-order valence-corrected chi connectivity index (χ0v) is 21.2. The van der Waals surface area contributed by atoms with Crippen molar-refractivity contribution < 1.29 is 17.9 Å². The number of ether oxygens (including phenoxy) is 1. The molecule has 0 spiro atoms. The number of rotatable bonds is 10. The number of hydrazone groups is 1. The van der Waals surface area contributed by atoms with E-state index in [-0.39, 0.29) is 4.90 Å². The van der Waals surface area contributed by atoms with Gasteiger partial charge in [0.2, 0.25) is 0 Å². The van der Waals surface area contributed by atoms with Crippen LogP contribution in [0.3, 0.4) is 0 Å². The van der Waals surface area contributed by atoms with Crippen LogP contribution in [0.15, 0.2) is 82.8 Å². The molecule has 35 heavy (non-hydrogen) atoms. The van der Waals surface area contributed by atoms with Crippen LogP contribution in [-0.2, 0) is 14.8 Å². The summed E-state index contributed by atoms with van der Waals surface area (Å²) in [5.41, 5.74) is 5.56. The standard InChI is InChI=1S/C27H31N3O4S/c1-20(2)19-34-25-14-11-23(12-15-25)17-28-29-27(31)18-30(24-13-10-21(3)22(4)16-24)35(32,33)26-8-6-5-7-9-26/h5-17,20H,18-19H2,1-4H3,(H,29,31)/b28-17-. The van der Waals surface area contributed by atoms with Gasteiger partial charge in [0, 0.05) is 0 Å². The van der Waals surface area contributed by atoms with Crippen molar-refractivity contribution in [3.63, 3.8) is 0 Å². The van der Waals surface area contributed by atoms with Gasteiger partial charge in [0.05, 0.1) is 23.4 Å². The van der Waals surface area contributed by atoms with Crippen LogP contribution in [0.5, 0.6) is 5.75 Å². The monoisotopic (exact) mass is 493 g/mol. The highest BCUT2D eigenvalue weighted by atomic mass is 32.2. The summed E-state index contributed by atoms with van der Waals surface area (Å²) in [6, 6.07) is 20.7. The zero-order chi connectivity index (χ0) is 25.4. The molecule has 0 saturated carbocycles. The first kappa shape index (κ1) is 26.0. The lowest BCUT2D eigenvalue weighted by Crippen LogP contribution is -2.39. The minimum absolute atomic E-state index is 0.106. The molecule has 0 heterocycles. The van der Waals surface area contributed by atoms with Crippen molar-refractivity contribution in [3.8, 4) is 5.75 Å². The number of carbonyl (C=O) groups excluding carboxylic acids is 1. The highest BCUT2D eigenvalue weighted by Gasteiger charge is 2.27. The average Bonchev–Trinajstić information content (AvgIpc) is 2.84. The van der Waals surface area contributed by atoms with E-state index in [1.54, 1.807) is 30.3 Å². The van der Waals surface area contributed by atoms with Crippen LogP contribution in [0.4, 0.5) is 5.69 Å². The molecule has 0 aromatic heterocycles. The van der Waals surface area contributed by atoms with Crippen molar-refractivity contribution in [1.82, 2.24) is 5.43 Å². The molecule has 0 aliphatic carbocycles. The summed E-state index contributed by atoms with van der Waals surface area (Å²) in [4.78, 5) is 12.8. The van der Waals surface area contributed by atoms with Crippen LogP contribution in [0.2, 0.25) is 0 Å². The van der Waals surface area contributed by atoms with Crippen LogP contribution in [-0.4, -0.2) is 33.7 Å². The Morgan fingerprint density at radius 3 is 2.31 bits per heavy atom. The van der Waals surface area contributed by atoms with Crippen molar-refractivity contribution in [3.05, 3.63) is 89.5 Å². The largest absolute Gasteiger partial charge is 0.493 e. The molecule has 8 heteroatoms. The maximum atomic E-state index is 13.4. The molecule has 1 amide bonds. The van der Waals surface area contributed by atoms with Crippen LogP contribution in [0.1, 0.15) is 30.5 Å². The number of hydrogen-bond donors (Lipinski definition) is 1. The highest BCUT2D eigenvalue weighted by molar-refractivity contribution is 7.92. The Balaban J connectivity index is 1.74. The summed E-state index contributed by atoms with van der Waals surface area (Å²) in [7, 11) is -3.97. The van der Waals surface area contributed by atoms with E-state index in [4.69, 9.17) is 4.74 Å². The molecule has 0 atom stereocenters. The summed E-state index contributed by atoms with van der Waals surface area (Å²) in [5, 5.41) is 3.99. The molecule has 3 aromatic carbocycles. The Bertz CT molecular complexity index is 1270. The van der Waals surface area contributed by atoms with Gasteiger partial charge in [-0.2, -0.15) is 5.10 Å². The Morgan fingerprint density at radius 1 is 1.00 bits per heavy atom. The third-order valence-corrected chi connectivity index (χ3v) is 7.05. The molecular weight excluding hydrogens is 462 g/mol. The normalized spacial score (nSPS) is 11.6. The molecule has 184 valence electrons. The zero-order valence-electron chi connectivity index (χ0n) is 20.4. The summed E-state index contributed by atoms with van der Waals surface area (Å²) < 4.78 is 33.5. The Kier molecular flexibility index (Phi) is 8.65. The third kappa shape index (κ3) is 7.16. The number of sulfonamides is 1. The van der Waals surface area contributed by atoms with Gasteiger partial charge in [-0.05, 0) is 85.0 Å². The number of hydrogen-bond acceptors (Lipinski definition) is 5. The number of aryl methyl sites for hydroxylation is 2. The number of carbonyl (C=O) groups is 1. The molecule has 0 bridgehead atoms. The molecule has 3 aromatic rings. The van der Waals surface area contributed by atoms with E-state index in [2.05, 4.69) is 24.4 Å². The molecule has 1 N–H and O–H groups in total. The van der Waals surface area contributed by atoms with Crippen molar-refractivity contribution in [2.45, 2.75) is 32.6 Å². The maximum absolute atomic E-state index is 13.4. The van der Waals surface area contributed by atoms with Crippen molar-refractivity contribution in [1.29, 1.82) is 0 Å². The molecule has 0 saturated heterocycles. The van der Waals surface area contributed by atoms with Gasteiger partial charge in [0.25, 0.3) is 15.9 Å². The van der Waals surface area contributed by atoms with Gasteiger partial charge in [-0.1, -0.05) is 38.1 Å². The van der Waals surface area contributed by atoms with Gasteiger partial charge in [-0.3, -0.25) is 9.10 Å². The van der Waals surface area contributed by atoms with Gasteiger partial charge in [0.15, 0.2) is 0 Å². The van der Waals surface area contributed by atoms with Gasteiger partial charge < -0.3 is 4.74 Å². The highest BCUT2D eigenvalue weighted by Crippen LogP contribution is 2.25. The average molecular weight is 494 g/mol. The molecule has 0 unspecified atom stereocenters. The number of benzene rings is 3.